The molecule has 0 saturated heterocycles. The smallest absolute Gasteiger partial charge is 0.341 e. The summed E-state index contributed by atoms with van der Waals surface area (Å²) < 4.78 is 10.3. The minimum Gasteiger partial charge on any atom is -0.465 e. The Kier molecular flexibility index (Phi) is 4.41. The quantitative estimate of drug-likeness (QED) is 0.850. The zero-order valence-electron chi connectivity index (χ0n) is 11.7. The molecule has 0 fully saturated rings. The molecule has 2 rings (SSSR count). The van der Waals surface area contributed by atoms with E-state index < -0.39 is 0 Å². The first-order chi connectivity index (χ1) is 9.49. The number of hydrogen-bond donors (Lipinski definition) is 1. The predicted octanol–water partition coefficient (Wildman–Crippen LogP) is 2.05. The average Bonchev–Trinajstić information content (AvgIpc) is 2.94. The number of aryl methyl sites for hydroxylation is 1. The number of rotatable bonds is 5. The van der Waals surface area contributed by atoms with Gasteiger partial charge in [-0.05, 0) is 20.0 Å². The van der Waals surface area contributed by atoms with Crippen molar-refractivity contribution in [2.75, 3.05) is 19.9 Å². The molecule has 2 N–H and O–H groups in total. The first-order valence-corrected chi connectivity index (χ1v) is 6.87. The summed E-state index contributed by atoms with van der Waals surface area (Å²) in [6, 6.07) is 1.72. The Hall–Kier alpha value is -1.86. The number of methoxy groups -OCH3 is 1. The van der Waals surface area contributed by atoms with Crippen LogP contribution < -0.4 is 5.73 Å². The molecule has 2 heterocycles. The Morgan fingerprint density at radius 1 is 1.55 bits per heavy atom. The van der Waals surface area contributed by atoms with E-state index in [2.05, 4.69) is 9.88 Å². The molecule has 0 aliphatic rings. The fraction of sp³-hybridized carbons (Fsp3) is 0.385. The van der Waals surface area contributed by atoms with Crippen molar-refractivity contribution in [3.05, 3.63) is 34.2 Å². The lowest BCUT2D eigenvalue weighted by atomic mass is 10.2. The summed E-state index contributed by atoms with van der Waals surface area (Å²) in [5.74, 6) is 0.917. The second-order valence-electron chi connectivity index (χ2n) is 4.51. The van der Waals surface area contributed by atoms with Crippen LogP contribution in [0.25, 0.3) is 0 Å². The molecule has 0 saturated carbocycles. The molecule has 0 radical (unpaired) electrons. The maximum absolute atomic E-state index is 11.5. The minimum atomic E-state index is -0.379. The molecule has 108 valence electrons. The van der Waals surface area contributed by atoms with Gasteiger partial charge in [0, 0.05) is 17.6 Å². The van der Waals surface area contributed by atoms with Gasteiger partial charge >= 0.3 is 5.97 Å². The van der Waals surface area contributed by atoms with E-state index in [1.54, 1.807) is 19.2 Å². The van der Waals surface area contributed by atoms with Gasteiger partial charge in [-0.1, -0.05) is 0 Å². The van der Waals surface area contributed by atoms with Gasteiger partial charge < -0.3 is 14.9 Å². The summed E-state index contributed by atoms with van der Waals surface area (Å²) in [6.45, 7) is 3.07. The van der Waals surface area contributed by atoms with E-state index in [-0.39, 0.29) is 5.97 Å². The Bertz CT molecular complexity index is 606. The van der Waals surface area contributed by atoms with Crippen molar-refractivity contribution < 1.29 is 13.9 Å². The maximum Gasteiger partial charge on any atom is 0.341 e. The lowest BCUT2D eigenvalue weighted by Gasteiger charge is -2.13. The number of carbonyl (C=O) groups excluding carboxylic acids is 1. The van der Waals surface area contributed by atoms with Crippen molar-refractivity contribution in [3.63, 3.8) is 0 Å². The Balaban J connectivity index is 2.01. The van der Waals surface area contributed by atoms with Crippen LogP contribution in [0.2, 0.25) is 0 Å². The number of nitrogens with two attached hydrogens (primary N) is 1. The van der Waals surface area contributed by atoms with Crippen molar-refractivity contribution in [2.24, 2.45) is 0 Å². The number of aromatic nitrogens is 1. The number of hydrogen-bond acceptors (Lipinski definition) is 7. The van der Waals surface area contributed by atoms with Gasteiger partial charge in [-0.3, -0.25) is 4.90 Å². The van der Waals surface area contributed by atoms with Crippen LogP contribution in [0.15, 0.2) is 16.7 Å². The Morgan fingerprint density at radius 3 is 2.90 bits per heavy atom. The van der Waals surface area contributed by atoms with Gasteiger partial charge in [0.1, 0.15) is 17.1 Å². The fourth-order valence-electron chi connectivity index (χ4n) is 1.92. The first kappa shape index (κ1) is 14.5. The predicted molar refractivity (Wildman–Crippen MR) is 76.5 cm³/mol. The molecule has 7 heteroatoms. The topological polar surface area (TPSA) is 81.6 Å². The highest BCUT2D eigenvalue weighted by atomic mass is 32.1. The minimum absolute atomic E-state index is 0.379. The highest BCUT2D eigenvalue weighted by Crippen LogP contribution is 2.20. The molecule has 0 atom stereocenters. The molecule has 6 nitrogen and oxygen atoms in total. The van der Waals surface area contributed by atoms with Crippen molar-refractivity contribution in [2.45, 2.75) is 20.0 Å². The van der Waals surface area contributed by atoms with Gasteiger partial charge in [-0.15, -0.1) is 11.3 Å². The van der Waals surface area contributed by atoms with Crippen LogP contribution in [0.1, 0.15) is 26.8 Å². The van der Waals surface area contributed by atoms with Crippen molar-refractivity contribution >= 4 is 22.4 Å². The lowest BCUT2D eigenvalue weighted by molar-refractivity contribution is 0.0599. The van der Waals surface area contributed by atoms with E-state index in [9.17, 15) is 4.79 Å². The van der Waals surface area contributed by atoms with Crippen molar-refractivity contribution in [3.8, 4) is 0 Å². The molecule has 0 bridgehead atoms. The molecule has 0 spiro atoms. The first-order valence-electron chi connectivity index (χ1n) is 6.06. The molecule has 2 aromatic heterocycles. The molecule has 0 aliphatic heterocycles. The van der Waals surface area contributed by atoms with E-state index in [0.29, 0.717) is 23.0 Å². The van der Waals surface area contributed by atoms with Gasteiger partial charge in [0.15, 0.2) is 5.13 Å². The second kappa shape index (κ2) is 6.06. The SMILES string of the molecule is COC(=O)c1cc(CN(C)Cc2cnc(N)s2)oc1C. The number of furan rings is 1. The molecule has 20 heavy (non-hydrogen) atoms. The molecule has 2 aromatic rings. The normalized spacial score (nSPS) is 11.0. The van der Waals surface area contributed by atoms with Gasteiger partial charge in [0.2, 0.25) is 0 Å². The van der Waals surface area contributed by atoms with E-state index in [0.717, 1.165) is 17.2 Å². The van der Waals surface area contributed by atoms with E-state index >= 15 is 0 Å². The summed E-state index contributed by atoms with van der Waals surface area (Å²) in [4.78, 5) is 18.7. The molecule has 0 aliphatic carbocycles. The molecular weight excluding hydrogens is 278 g/mol. The summed E-state index contributed by atoms with van der Waals surface area (Å²) in [5.41, 5.74) is 6.07. The largest absolute Gasteiger partial charge is 0.465 e. The van der Waals surface area contributed by atoms with Crippen LogP contribution in [-0.2, 0) is 17.8 Å². The van der Waals surface area contributed by atoms with E-state index in [1.807, 2.05) is 7.05 Å². The molecule has 0 amide bonds. The molecular formula is C13H17N3O3S. The van der Waals surface area contributed by atoms with Crippen LogP contribution in [0.4, 0.5) is 5.13 Å². The monoisotopic (exact) mass is 295 g/mol. The van der Waals surface area contributed by atoms with Crippen LogP contribution in [0.3, 0.4) is 0 Å². The third-order valence-electron chi connectivity index (χ3n) is 2.80. The molecule has 0 aromatic carbocycles. The highest BCUT2D eigenvalue weighted by Gasteiger charge is 2.16. The molecule has 0 unspecified atom stereocenters. The zero-order chi connectivity index (χ0) is 14.7. The number of carbonyl (C=O) groups is 1. The van der Waals surface area contributed by atoms with E-state index in [1.165, 1.54) is 18.4 Å². The highest BCUT2D eigenvalue weighted by molar-refractivity contribution is 7.15. The number of nitrogen functional groups attached to an aromatic ring is 1. The Morgan fingerprint density at radius 2 is 2.30 bits per heavy atom. The standard InChI is InChI=1S/C13H17N3O3S/c1-8-11(12(17)18-3)4-9(19-8)6-16(2)7-10-5-15-13(14)20-10/h4-5H,6-7H2,1-3H3,(H2,14,15). The fourth-order valence-corrected chi connectivity index (χ4v) is 2.68. The number of ether oxygens (including phenoxy) is 1. The van der Waals surface area contributed by atoms with Crippen LogP contribution in [0, 0.1) is 6.92 Å². The third kappa shape index (κ3) is 3.37. The number of nitrogens with zero attached hydrogens (tertiary/aromatic N) is 2. The lowest BCUT2D eigenvalue weighted by Crippen LogP contribution is -2.16. The van der Waals surface area contributed by atoms with Gasteiger partial charge in [-0.25, -0.2) is 9.78 Å². The second-order valence-corrected chi connectivity index (χ2v) is 5.66. The number of esters is 1. The summed E-state index contributed by atoms with van der Waals surface area (Å²) >= 11 is 1.46. The summed E-state index contributed by atoms with van der Waals surface area (Å²) in [6.07, 6.45) is 1.77. The van der Waals surface area contributed by atoms with Crippen molar-refractivity contribution in [1.29, 1.82) is 0 Å². The number of anilines is 1. The van der Waals surface area contributed by atoms with E-state index in [4.69, 9.17) is 14.9 Å². The zero-order valence-corrected chi connectivity index (χ0v) is 12.5. The summed E-state index contributed by atoms with van der Waals surface area (Å²) in [7, 11) is 3.32. The van der Waals surface area contributed by atoms with Gasteiger partial charge in [0.05, 0.1) is 13.7 Å². The van der Waals surface area contributed by atoms with Crippen LogP contribution in [0.5, 0.6) is 0 Å². The van der Waals surface area contributed by atoms with Crippen molar-refractivity contribution in [1.82, 2.24) is 9.88 Å². The number of thiazole rings is 1. The van der Waals surface area contributed by atoms with Crippen LogP contribution >= 0.6 is 11.3 Å². The van der Waals surface area contributed by atoms with Gasteiger partial charge in [-0.2, -0.15) is 0 Å². The third-order valence-corrected chi connectivity index (χ3v) is 3.61. The van der Waals surface area contributed by atoms with Gasteiger partial charge in [0.25, 0.3) is 0 Å². The average molecular weight is 295 g/mol. The summed E-state index contributed by atoms with van der Waals surface area (Å²) in [5, 5.41) is 0.565. The maximum atomic E-state index is 11.5. The van der Waals surface area contributed by atoms with Crippen LogP contribution in [-0.4, -0.2) is 30.0 Å². The Labute approximate surface area is 121 Å².